The molecule has 5 radical (unpaired) electrons. The van der Waals surface area contributed by atoms with Crippen molar-refractivity contribution in [1.29, 1.82) is 0 Å². The molecule has 0 unspecified atom stereocenters. The van der Waals surface area contributed by atoms with E-state index in [1.165, 1.54) is 6.08 Å². The van der Waals surface area contributed by atoms with E-state index >= 15 is 0 Å². The molecule has 0 spiro atoms. The molecule has 79 valence electrons. The van der Waals surface area contributed by atoms with Crippen LogP contribution in [-0.2, 0) is 9.53 Å². The first kappa shape index (κ1) is 12.3. The maximum Gasteiger partial charge on any atom is 0.330 e. The summed E-state index contributed by atoms with van der Waals surface area (Å²) >= 11 is 5.97. The van der Waals surface area contributed by atoms with E-state index in [9.17, 15) is 4.79 Å². The largest absolute Gasteiger partial charge is 0.463 e. The van der Waals surface area contributed by atoms with Crippen molar-refractivity contribution in [2.75, 3.05) is 6.61 Å². The minimum Gasteiger partial charge on any atom is -0.463 e. The van der Waals surface area contributed by atoms with Gasteiger partial charge in [-0.05, 0) is 38.7 Å². The van der Waals surface area contributed by atoms with Crippen molar-refractivity contribution in [3.63, 3.8) is 0 Å². The van der Waals surface area contributed by atoms with E-state index in [2.05, 4.69) is 0 Å². The van der Waals surface area contributed by atoms with Gasteiger partial charge in [0.1, 0.15) is 0 Å². The van der Waals surface area contributed by atoms with Crippen LogP contribution in [0, 0.1) is 31.6 Å². The van der Waals surface area contributed by atoms with Crippen molar-refractivity contribution < 1.29 is 9.53 Å². The third-order valence-corrected chi connectivity index (χ3v) is 2.04. The highest BCUT2D eigenvalue weighted by molar-refractivity contribution is 6.32. The van der Waals surface area contributed by atoms with Gasteiger partial charge in [-0.2, -0.15) is 0 Å². The van der Waals surface area contributed by atoms with E-state index in [4.69, 9.17) is 16.3 Å². The average Bonchev–Trinajstić information content (AvgIpc) is 2.70. The molecular formula is C12H12ClO2. The second-order valence-corrected chi connectivity index (χ2v) is 3.21. The number of rotatable bonds is 4. The van der Waals surface area contributed by atoms with Gasteiger partial charge < -0.3 is 4.74 Å². The lowest BCUT2D eigenvalue weighted by atomic mass is 10.1. The minimum atomic E-state index is -0.360. The minimum absolute atomic E-state index is 0.360. The van der Waals surface area contributed by atoms with Crippen molar-refractivity contribution in [1.82, 2.24) is 0 Å². The van der Waals surface area contributed by atoms with Crippen LogP contribution in [-0.4, -0.2) is 12.6 Å². The molecule has 0 amide bonds. The first-order valence-corrected chi connectivity index (χ1v) is 5.04. The Morgan fingerprint density at radius 3 is 2.73 bits per heavy atom. The van der Waals surface area contributed by atoms with Gasteiger partial charge in [0.2, 0.25) is 0 Å². The molecule has 1 rings (SSSR count). The Labute approximate surface area is 95.9 Å². The van der Waals surface area contributed by atoms with E-state index in [0.29, 0.717) is 11.6 Å². The number of hydrogen-bond acceptors (Lipinski definition) is 2. The summed E-state index contributed by atoms with van der Waals surface area (Å²) in [5.41, 5.74) is 0. The van der Waals surface area contributed by atoms with Crippen LogP contribution in [0.25, 0.3) is 0 Å². The molecule has 0 aliphatic heterocycles. The van der Waals surface area contributed by atoms with E-state index in [0.717, 1.165) is 5.92 Å². The second kappa shape index (κ2) is 6.67. The van der Waals surface area contributed by atoms with Gasteiger partial charge in [0, 0.05) is 17.0 Å². The van der Waals surface area contributed by atoms with Crippen molar-refractivity contribution >= 4 is 17.6 Å². The molecule has 0 aromatic heterocycles. The van der Waals surface area contributed by atoms with Crippen LogP contribution >= 0.6 is 11.6 Å². The van der Waals surface area contributed by atoms with Gasteiger partial charge in [-0.1, -0.05) is 17.7 Å². The Morgan fingerprint density at radius 2 is 2.13 bits per heavy atom. The van der Waals surface area contributed by atoms with Crippen LogP contribution in [0.3, 0.4) is 0 Å². The van der Waals surface area contributed by atoms with E-state index in [1.54, 1.807) is 19.1 Å². The average molecular weight is 224 g/mol. The zero-order valence-electron chi connectivity index (χ0n) is 8.44. The molecule has 0 aromatic carbocycles. The lowest BCUT2D eigenvalue weighted by Crippen LogP contribution is -1.98. The van der Waals surface area contributed by atoms with Crippen molar-refractivity contribution in [3.8, 4) is 0 Å². The Balaban J connectivity index is 2.38. The molecule has 2 nitrogen and oxygen atoms in total. The van der Waals surface area contributed by atoms with E-state index in [1.807, 2.05) is 25.7 Å². The zero-order chi connectivity index (χ0) is 11.1. The van der Waals surface area contributed by atoms with Crippen LogP contribution in [0.4, 0.5) is 0 Å². The fraction of sp³-hybridized carbons (Fsp3) is 0.167. The van der Waals surface area contributed by atoms with Gasteiger partial charge in [0.25, 0.3) is 0 Å². The van der Waals surface area contributed by atoms with Crippen LogP contribution in [0.5, 0.6) is 0 Å². The summed E-state index contributed by atoms with van der Waals surface area (Å²) in [6, 6.07) is 0. The standard InChI is InChI=1S/C12H12ClO2/c1-2-15-12(14)9-5-8-11(13)10-6-3-4-7-10/h3-9H,2H2,1H3/b9-5+,11-8-. The van der Waals surface area contributed by atoms with Gasteiger partial charge in [0.15, 0.2) is 0 Å². The molecule has 1 aliphatic rings. The molecule has 1 fully saturated rings. The third-order valence-electron chi connectivity index (χ3n) is 1.70. The van der Waals surface area contributed by atoms with Gasteiger partial charge in [-0.15, -0.1) is 0 Å². The zero-order valence-corrected chi connectivity index (χ0v) is 9.20. The molecule has 1 aliphatic carbocycles. The number of carbonyl (C=O) groups excluding carboxylic acids is 1. The maximum absolute atomic E-state index is 10.9. The molecule has 0 aromatic rings. The van der Waals surface area contributed by atoms with Crippen LogP contribution < -0.4 is 0 Å². The summed E-state index contributed by atoms with van der Waals surface area (Å²) in [6.07, 6.45) is 12.2. The normalized spacial score (nSPS) is 18.7. The van der Waals surface area contributed by atoms with Gasteiger partial charge >= 0.3 is 5.97 Å². The van der Waals surface area contributed by atoms with Crippen molar-refractivity contribution in [3.05, 3.63) is 54.9 Å². The molecule has 0 N–H and O–H groups in total. The summed E-state index contributed by atoms with van der Waals surface area (Å²) in [4.78, 5) is 10.9. The molecule has 0 atom stereocenters. The number of halogens is 1. The first-order valence-electron chi connectivity index (χ1n) is 4.66. The lowest BCUT2D eigenvalue weighted by molar-refractivity contribution is -0.137. The Hall–Kier alpha value is -0.760. The van der Waals surface area contributed by atoms with Crippen LogP contribution in [0.2, 0.25) is 0 Å². The molecular weight excluding hydrogens is 212 g/mol. The molecule has 0 saturated heterocycles. The number of hydrogen-bond donors (Lipinski definition) is 0. The van der Waals surface area contributed by atoms with Gasteiger partial charge in [-0.25, -0.2) is 4.79 Å². The maximum atomic E-state index is 10.9. The quantitative estimate of drug-likeness (QED) is 0.416. The summed E-state index contributed by atoms with van der Waals surface area (Å²) < 4.78 is 4.72. The van der Waals surface area contributed by atoms with Crippen molar-refractivity contribution in [2.24, 2.45) is 0 Å². The third kappa shape index (κ3) is 4.52. The Morgan fingerprint density at radius 1 is 1.47 bits per heavy atom. The molecule has 3 heteroatoms. The SMILES string of the molecule is CCOC(=O)/C=C/C=C(\Cl)[C]1[CH][CH][CH][CH]1. The molecule has 0 bridgehead atoms. The number of allylic oxidation sites excluding steroid dienone is 3. The highest BCUT2D eigenvalue weighted by atomic mass is 35.5. The number of carbonyl (C=O) groups is 1. The molecule has 0 heterocycles. The summed E-state index contributed by atoms with van der Waals surface area (Å²) in [5.74, 6) is 0.575. The van der Waals surface area contributed by atoms with Crippen molar-refractivity contribution in [2.45, 2.75) is 6.92 Å². The summed E-state index contributed by atoms with van der Waals surface area (Å²) in [5, 5.41) is 0.598. The lowest BCUT2D eigenvalue weighted by Gasteiger charge is -2.03. The van der Waals surface area contributed by atoms with Crippen LogP contribution in [0.1, 0.15) is 6.92 Å². The molecule has 1 saturated carbocycles. The highest BCUT2D eigenvalue weighted by Gasteiger charge is 2.19. The number of ether oxygens (including phenoxy) is 1. The van der Waals surface area contributed by atoms with Crippen LogP contribution in [0.15, 0.2) is 23.3 Å². The summed E-state index contributed by atoms with van der Waals surface area (Å²) in [7, 11) is 0. The molecule has 15 heavy (non-hydrogen) atoms. The second-order valence-electron chi connectivity index (χ2n) is 2.80. The number of esters is 1. The first-order chi connectivity index (χ1) is 7.24. The topological polar surface area (TPSA) is 26.3 Å². The van der Waals surface area contributed by atoms with Gasteiger partial charge in [-0.3, -0.25) is 0 Å². The fourth-order valence-corrected chi connectivity index (χ4v) is 1.23. The highest BCUT2D eigenvalue weighted by Crippen LogP contribution is 2.32. The Kier molecular flexibility index (Phi) is 5.48. The predicted molar refractivity (Wildman–Crippen MR) is 60.2 cm³/mol. The summed E-state index contributed by atoms with van der Waals surface area (Å²) in [6.45, 7) is 2.14. The van der Waals surface area contributed by atoms with E-state index in [-0.39, 0.29) is 5.97 Å². The van der Waals surface area contributed by atoms with E-state index < -0.39 is 0 Å². The van der Waals surface area contributed by atoms with Gasteiger partial charge in [0.05, 0.1) is 6.61 Å². The Bertz CT molecular complexity index is 263. The smallest absolute Gasteiger partial charge is 0.330 e. The monoisotopic (exact) mass is 223 g/mol. The fourth-order valence-electron chi connectivity index (χ4n) is 1.03. The predicted octanol–water partition coefficient (Wildman–Crippen LogP) is 2.63.